The van der Waals surface area contributed by atoms with Crippen molar-refractivity contribution in [3.63, 3.8) is 0 Å². The van der Waals surface area contributed by atoms with E-state index < -0.39 is 10.0 Å². The molecule has 0 N–H and O–H groups in total. The monoisotopic (exact) mass is 562 g/mol. The zero-order valence-electron chi connectivity index (χ0n) is 22.6. The first-order valence-electron chi connectivity index (χ1n) is 13.5. The van der Waals surface area contributed by atoms with Crippen LogP contribution < -0.4 is 4.90 Å². The second-order valence-electron chi connectivity index (χ2n) is 10.2. The van der Waals surface area contributed by atoms with E-state index in [-0.39, 0.29) is 16.8 Å². The van der Waals surface area contributed by atoms with E-state index in [1.54, 1.807) is 45.9 Å². The number of sulfonamides is 1. The number of aryl methyl sites for hydroxylation is 2. The van der Waals surface area contributed by atoms with Gasteiger partial charge >= 0.3 is 0 Å². The Kier molecular flexibility index (Phi) is 8.11. The molecule has 0 saturated heterocycles. The van der Waals surface area contributed by atoms with Gasteiger partial charge in [0.2, 0.25) is 10.0 Å². The Bertz CT molecular complexity index is 1520. The van der Waals surface area contributed by atoms with Gasteiger partial charge in [-0.2, -0.15) is 4.31 Å². The number of benzene rings is 2. The molecule has 0 aliphatic heterocycles. The van der Waals surface area contributed by atoms with Crippen LogP contribution in [0.3, 0.4) is 0 Å². The second-order valence-corrected chi connectivity index (χ2v) is 13.0. The number of carbonyl (C=O) groups is 1. The van der Waals surface area contributed by atoms with Crippen LogP contribution in [0.25, 0.3) is 10.2 Å². The van der Waals surface area contributed by atoms with Crippen molar-refractivity contribution in [1.29, 1.82) is 0 Å². The fourth-order valence-corrected chi connectivity index (χ4v) is 8.12. The third kappa shape index (κ3) is 5.62. The van der Waals surface area contributed by atoms with Crippen molar-refractivity contribution >= 4 is 42.6 Å². The maximum Gasteiger partial charge on any atom is 0.260 e. The van der Waals surface area contributed by atoms with Crippen molar-refractivity contribution in [3.05, 3.63) is 83.2 Å². The Morgan fingerprint density at radius 2 is 1.72 bits per heavy atom. The fraction of sp³-hybridized carbons (Fsp3) is 0.367. The zero-order chi connectivity index (χ0) is 27.6. The zero-order valence-corrected chi connectivity index (χ0v) is 24.3. The van der Waals surface area contributed by atoms with E-state index in [1.807, 2.05) is 39.0 Å². The summed E-state index contributed by atoms with van der Waals surface area (Å²) in [6, 6.07) is 14.3. The summed E-state index contributed by atoms with van der Waals surface area (Å²) in [6.07, 6.45) is 8.51. The van der Waals surface area contributed by atoms with Crippen LogP contribution in [-0.2, 0) is 16.6 Å². The maximum absolute atomic E-state index is 13.9. The van der Waals surface area contributed by atoms with E-state index in [9.17, 15) is 13.2 Å². The predicted octanol–water partition coefficient (Wildman–Crippen LogP) is 6.50. The van der Waals surface area contributed by atoms with Crippen LogP contribution in [0.4, 0.5) is 5.13 Å². The Morgan fingerprint density at radius 1 is 1.00 bits per heavy atom. The molecule has 5 rings (SSSR count). The maximum atomic E-state index is 13.9. The first-order chi connectivity index (χ1) is 18.8. The van der Waals surface area contributed by atoms with Gasteiger partial charge in [0.05, 0.1) is 21.7 Å². The number of amides is 1. The molecule has 2 aromatic carbocycles. The highest BCUT2D eigenvalue weighted by atomic mass is 32.2. The van der Waals surface area contributed by atoms with Crippen LogP contribution in [0, 0.1) is 13.8 Å². The third-order valence-corrected chi connectivity index (χ3v) is 10.7. The molecule has 1 fully saturated rings. The first-order valence-corrected chi connectivity index (χ1v) is 15.7. The molecule has 1 aliphatic carbocycles. The van der Waals surface area contributed by atoms with Crippen LogP contribution in [-0.4, -0.2) is 41.2 Å². The number of nitrogens with zero attached hydrogens (tertiary/aromatic N) is 4. The molecule has 0 radical (unpaired) electrons. The first kappa shape index (κ1) is 27.4. The molecule has 0 bridgehead atoms. The second kappa shape index (κ2) is 11.5. The summed E-state index contributed by atoms with van der Waals surface area (Å²) < 4.78 is 29.7. The summed E-state index contributed by atoms with van der Waals surface area (Å²) in [5.41, 5.74) is 4.35. The highest BCUT2D eigenvalue weighted by molar-refractivity contribution is 7.89. The van der Waals surface area contributed by atoms with Gasteiger partial charge in [-0.3, -0.25) is 14.7 Å². The smallest absolute Gasteiger partial charge is 0.260 e. The number of hydrogen-bond acceptors (Lipinski definition) is 6. The molecule has 39 heavy (non-hydrogen) atoms. The predicted molar refractivity (Wildman–Crippen MR) is 157 cm³/mol. The van der Waals surface area contributed by atoms with E-state index in [0.717, 1.165) is 59.0 Å². The molecule has 0 unspecified atom stereocenters. The van der Waals surface area contributed by atoms with E-state index in [2.05, 4.69) is 11.1 Å². The minimum absolute atomic E-state index is 0.0379. The number of anilines is 1. The van der Waals surface area contributed by atoms with Gasteiger partial charge in [-0.05, 0) is 73.7 Å². The van der Waals surface area contributed by atoms with Crippen LogP contribution in [0.15, 0.2) is 65.8 Å². The molecular formula is C30H34N4O3S2. The van der Waals surface area contributed by atoms with E-state index in [0.29, 0.717) is 23.8 Å². The molecule has 2 aromatic heterocycles. The summed E-state index contributed by atoms with van der Waals surface area (Å²) in [7, 11) is -3.65. The summed E-state index contributed by atoms with van der Waals surface area (Å²) >= 11 is 1.49. The summed E-state index contributed by atoms with van der Waals surface area (Å²) in [6.45, 7) is 6.69. The lowest BCUT2D eigenvalue weighted by molar-refractivity contribution is 0.0985. The largest absolute Gasteiger partial charge is 0.279 e. The lowest BCUT2D eigenvalue weighted by Crippen LogP contribution is -2.41. The number of pyridine rings is 1. The number of aromatic nitrogens is 2. The standard InChI is InChI=1S/C30H34N4O3S2/c1-4-34(25-10-6-5-7-11-25)39(36,37)26-16-14-24(15-17-26)29(35)33(20-23-9-8-18-31-19-23)30-32-27-21(2)12-13-22(3)28(27)38-30/h8-9,12-19,25H,4-7,10-11,20H2,1-3H3. The van der Waals surface area contributed by atoms with Crippen molar-refractivity contribution in [1.82, 2.24) is 14.3 Å². The third-order valence-electron chi connectivity index (χ3n) is 7.47. The van der Waals surface area contributed by atoms with Crippen molar-refractivity contribution in [3.8, 4) is 0 Å². The number of thiazole rings is 1. The Balaban J connectivity index is 1.47. The molecule has 0 spiro atoms. The van der Waals surface area contributed by atoms with E-state index in [1.165, 1.54) is 11.3 Å². The van der Waals surface area contributed by atoms with Crippen molar-refractivity contribution in [2.45, 2.75) is 70.4 Å². The Labute approximate surface area is 234 Å². The molecular weight excluding hydrogens is 528 g/mol. The molecule has 1 aliphatic rings. The highest BCUT2D eigenvalue weighted by Crippen LogP contribution is 2.35. The van der Waals surface area contributed by atoms with Crippen LogP contribution >= 0.6 is 11.3 Å². The topological polar surface area (TPSA) is 83.5 Å². The number of rotatable bonds is 8. The summed E-state index contributed by atoms with van der Waals surface area (Å²) in [5, 5.41) is 0.599. The van der Waals surface area contributed by atoms with Gasteiger partial charge in [0.15, 0.2) is 5.13 Å². The van der Waals surface area contributed by atoms with Crippen molar-refractivity contribution in [2.75, 3.05) is 11.4 Å². The van der Waals surface area contributed by atoms with Crippen molar-refractivity contribution in [2.24, 2.45) is 0 Å². The fourth-order valence-electron chi connectivity index (χ4n) is 5.32. The lowest BCUT2D eigenvalue weighted by atomic mass is 9.95. The van der Waals surface area contributed by atoms with Gasteiger partial charge < -0.3 is 0 Å². The van der Waals surface area contributed by atoms with Gasteiger partial charge in [-0.25, -0.2) is 13.4 Å². The number of hydrogen-bond donors (Lipinski definition) is 0. The van der Waals surface area contributed by atoms with Crippen LogP contribution in [0.5, 0.6) is 0 Å². The summed E-state index contributed by atoms with van der Waals surface area (Å²) in [4.78, 5) is 24.9. The average Bonchev–Trinajstić information content (AvgIpc) is 3.42. The minimum atomic E-state index is -3.65. The highest BCUT2D eigenvalue weighted by Gasteiger charge is 2.31. The molecule has 9 heteroatoms. The SMILES string of the molecule is CCN(C1CCCCC1)S(=O)(=O)c1ccc(C(=O)N(Cc2cccnc2)c2nc3c(C)ccc(C)c3s2)cc1. The minimum Gasteiger partial charge on any atom is -0.279 e. The van der Waals surface area contributed by atoms with Gasteiger partial charge in [-0.1, -0.05) is 55.7 Å². The van der Waals surface area contributed by atoms with E-state index >= 15 is 0 Å². The van der Waals surface area contributed by atoms with Crippen LogP contribution in [0.2, 0.25) is 0 Å². The molecule has 0 atom stereocenters. The van der Waals surface area contributed by atoms with Crippen molar-refractivity contribution < 1.29 is 13.2 Å². The van der Waals surface area contributed by atoms with Gasteiger partial charge in [0, 0.05) is 30.5 Å². The van der Waals surface area contributed by atoms with Crippen LogP contribution in [0.1, 0.15) is 66.1 Å². The molecule has 2 heterocycles. The molecule has 1 saturated carbocycles. The summed E-state index contributed by atoms with van der Waals surface area (Å²) in [5.74, 6) is -0.239. The molecule has 4 aromatic rings. The van der Waals surface area contributed by atoms with Gasteiger partial charge in [0.1, 0.15) is 0 Å². The van der Waals surface area contributed by atoms with Gasteiger partial charge in [0.25, 0.3) is 5.91 Å². The Morgan fingerprint density at radius 3 is 2.36 bits per heavy atom. The molecule has 1 amide bonds. The molecule has 204 valence electrons. The Hall–Kier alpha value is -3.14. The van der Waals surface area contributed by atoms with E-state index in [4.69, 9.17) is 4.98 Å². The number of carbonyl (C=O) groups excluding carboxylic acids is 1. The molecule has 7 nitrogen and oxygen atoms in total. The number of fused-ring (bicyclic) bond motifs is 1. The normalized spacial score (nSPS) is 14.7. The lowest BCUT2D eigenvalue weighted by Gasteiger charge is -2.32. The van der Waals surface area contributed by atoms with Gasteiger partial charge in [-0.15, -0.1) is 0 Å². The average molecular weight is 563 g/mol. The quantitative estimate of drug-likeness (QED) is 0.245.